The quantitative estimate of drug-likeness (QED) is 0.444. The predicted molar refractivity (Wildman–Crippen MR) is 126 cm³/mol. The molecule has 3 aromatic rings. The van der Waals surface area contributed by atoms with Gasteiger partial charge >= 0.3 is 0 Å². The molecule has 0 spiro atoms. The second-order valence-corrected chi connectivity index (χ2v) is 10.2. The summed E-state index contributed by atoms with van der Waals surface area (Å²) < 4.78 is 29.2. The number of carbonyl (C=O) groups excluding carboxylic acids is 1. The van der Waals surface area contributed by atoms with Gasteiger partial charge in [0.05, 0.1) is 10.9 Å². The van der Waals surface area contributed by atoms with Gasteiger partial charge in [0, 0.05) is 9.50 Å². The number of carbonyl (C=O) groups is 1. The molecule has 0 aliphatic rings. The highest BCUT2D eigenvalue weighted by Crippen LogP contribution is 2.18. The van der Waals surface area contributed by atoms with Crippen molar-refractivity contribution in [2.24, 2.45) is 0 Å². The topological polar surface area (TPSA) is 75.3 Å². The SMILES string of the molecule is C[C@H](NC(=O)[C@H](Cc1ccccc1)NS(=O)(=O)c1ccc(Br)cc1)c1ccc(Cl)cc1. The number of halogens is 2. The molecule has 3 rings (SSSR count). The van der Waals surface area contributed by atoms with Crippen molar-refractivity contribution in [3.05, 3.63) is 99.5 Å². The van der Waals surface area contributed by atoms with Crippen LogP contribution in [0.4, 0.5) is 0 Å². The number of hydrogen-bond donors (Lipinski definition) is 2. The summed E-state index contributed by atoms with van der Waals surface area (Å²) in [7, 11) is -3.90. The van der Waals surface area contributed by atoms with Crippen molar-refractivity contribution in [1.82, 2.24) is 10.0 Å². The Bertz CT molecular complexity index is 1120. The van der Waals surface area contributed by atoms with Gasteiger partial charge in [-0.1, -0.05) is 70.0 Å². The first-order valence-electron chi connectivity index (χ1n) is 9.62. The van der Waals surface area contributed by atoms with E-state index in [0.717, 1.165) is 15.6 Å². The minimum Gasteiger partial charge on any atom is -0.348 e. The summed E-state index contributed by atoms with van der Waals surface area (Å²) in [4.78, 5) is 13.2. The molecule has 0 unspecified atom stereocenters. The van der Waals surface area contributed by atoms with Gasteiger partial charge in [-0.2, -0.15) is 4.72 Å². The van der Waals surface area contributed by atoms with Crippen LogP contribution in [0.25, 0.3) is 0 Å². The normalized spacial score (nSPS) is 13.4. The van der Waals surface area contributed by atoms with Crippen molar-refractivity contribution in [2.45, 2.75) is 30.3 Å². The second kappa shape index (κ2) is 10.4. The molecule has 0 fully saturated rings. The van der Waals surface area contributed by atoms with Gasteiger partial charge in [-0.15, -0.1) is 0 Å². The number of nitrogens with one attached hydrogen (secondary N) is 2. The van der Waals surface area contributed by atoms with Crippen molar-refractivity contribution >= 4 is 43.5 Å². The molecule has 162 valence electrons. The van der Waals surface area contributed by atoms with Crippen LogP contribution in [0.5, 0.6) is 0 Å². The minimum atomic E-state index is -3.90. The number of amides is 1. The molecule has 0 bridgehead atoms. The zero-order valence-electron chi connectivity index (χ0n) is 16.8. The minimum absolute atomic E-state index is 0.0901. The first-order valence-corrected chi connectivity index (χ1v) is 12.3. The average molecular weight is 522 g/mol. The fourth-order valence-corrected chi connectivity index (χ4v) is 4.64. The number of benzene rings is 3. The largest absolute Gasteiger partial charge is 0.348 e. The van der Waals surface area contributed by atoms with E-state index in [4.69, 9.17) is 11.6 Å². The van der Waals surface area contributed by atoms with Crippen LogP contribution >= 0.6 is 27.5 Å². The van der Waals surface area contributed by atoms with Crippen LogP contribution in [-0.2, 0) is 21.2 Å². The lowest BCUT2D eigenvalue weighted by Crippen LogP contribution is -2.48. The zero-order valence-corrected chi connectivity index (χ0v) is 19.9. The first kappa shape index (κ1) is 23.5. The van der Waals surface area contributed by atoms with E-state index in [2.05, 4.69) is 26.0 Å². The molecular formula is C23H22BrClN2O3S. The van der Waals surface area contributed by atoms with Crippen molar-refractivity contribution in [2.75, 3.05) is 0 Å². The highest BCUT2D eigenvalue weighted by atomic mass is 79.9. The van der Waals surface area contributed by atoms with Crippen molar-refractivity contribution < 1.29 is 13.2 Å². The van der Waals surface area contributed by atoms with Gasteiger partial charge in [0.25, 0.3) is 0 Å². The monoisotopic (exact) mass is 520 g/mol. The Morgan fingerprint density at radius 1 is 0.968 bits per heavy atom. The Morgan fingerprint density at radius 3 is 2.19 bits per heavy atom. The van der Waals surface area contributed by atoms with E-state index in [1.54, 1.807) is 24.3 Å². The van der Waals surface area contributed by atoms with Crippen LogP contribution in [0, 0.1) is 0 Å². The van der Waals surface area contributed by atoms with E-state index < -0.39 is 22.0 Å². The van der Waals surface area contributed by atoms with Gasteiger partial charge in [0.1, 0.15) is 6.04 Å². The number of sulfonamides is 1. The molecule has 0 aromatic heterocycles. The summed E-state index contributed by atoms with van der Waals surface area (Å²) in [5.41, 5.74) is 1.72. The molecule has 0 saturated carbocycles. The highest BCUT2D eigenvalue weighted by molar-refractivity contribution is 9.10. The van der Waals surface area contributed by atoms with E-state index in [9.17, 15) is 13.2 Å². The maximum absolute atomic E-state index is 13.1. The van der Waals surface area contributed by atoms with Crippen LogP contribution in [0.15, 0.2) is 88.2 Å². The van der Waals surface area contributed by atoms with Crippen LogP contribution in [0.1, 0.15) is 24.1 Å². The Morgan fingerprint density at radius 2 is 1.58 bits per heavy atom. The maximum atomic E-state index is 13.1. The first-order chi connectivity index (χ1) is 14.7. The lowest BCUT2D eigenvalue weighted by molar-refractivity contribution is -0.123. The smallest absolute Gasteiger partial charge is 0.241 e. The summed E-state index contributed by atoms with van der Waals surface area (Å²) in [6.45, 7) is 1.84. The molecule has 0 saturated heterocycles. The van der Waals surface area contributed by atoms with E-state index in [0.29, 0.717) is 5.02 Å². The van der Waals surface area contributed by atoms with Crippen molar-refractivity contribution in [3.63, 3.8) is 0 Å². The van der Waals surface area contributed by atoms with E-state index >= 15 is 0 Å². The van der Waals surface area contributed by atoms with Gasteiger partial charge in [-0.25, -0.2) is 8.42 Å². The van der Waals surface area contributed by atoms with Gasteiger partial charge in [0.2, 0.25) is 15.9 Å². The van der Waals surface area contributed by atoms with Crippen molar-refractivity contribution in [3.8, 4) is 0 Å². The van der Waals surface area contributed by atoms with Gasteiger partial charge in [0.15, 0.2) is 0 Å². The lowest BCUT2D eigenvalue weighted by Gasteiger charge is -2.22. The molecule has 3 aromatic carbocycles. The van der Waals surface area contributed by atoms with Crippen LogP contribution in [0.2, 0.25) is 5.02 Å². The summed E-state index contributed by atoms with van der Waals surface area (Å²) in [6.07, 6.45) is 0.218. The van der Waals surface area contributed by atoms with Crippen LogP contribution in [0.3, 0.4) is 0 Å². The molecule has 8 heteroatoms. The third-order valence-electron chi connectivity index (χ3n) is 4.75. The molecular weight excluding hydrogens is 500 g/mol. The third kappa shape index (κ3) is 6.64. The van der Waals surface area contributed by atoms with Gasteiger partial charge in [-0.05, 0) is 60.9 Å². The van der Waals surface area contributed by atoms with Gasteiger partial charge in [-0.3, -0.25) is 4.79 Å². The highest BCUT2D eigenvalue weighted by Gasteiger charge is 2.27. The molecule has 5 nitrogen and oxygen atoms in total. The maximum Gasteiger partial charge on any atom is 0.241 e. The lowest BCUT2D eigenvalue weighted by atomic mass is 10.0. The van der Waals surface area contributed by atoms with Crippen molar-refractivity contribution in [1.29, 1.82) is 0 Å². The van der Waals surface area contributed by atoms with Crippen LogP contribution in [-0.4, -0.2) is 20.4 Å². The average Bonchev–Trinajstić information content (AvgIpc) is 2.74. The number of hydrogen-bond acceptors (Lipinski definition) is 3. The Balaban J connectivity index is 1.82. The molecule has 0 heterocycles. The van der Waals surface area contributed by atoms with E-state index in [1.807, 2.05) is 49.4 Å². The standard InChI is InChI=1S/C23H22BrClN2O3S/c1-16(18-7-11-20(25)12-8-18)26-23(28)22(15-17-5-3-2-4-6-17)27-31(29,30)21-13-9-19(24)10-14-21/h2-14,16,22,27H,15H2,1H3,(H,26,28)/t16-,22-/m0/s1. The summed E-state index contributed by atoms with van der Waals surface area (Å²) in [5, 5.41) is 3.51. The van der Waals surface area contributed by atoms with Gasteiger partial charge < -0.3 is 5.32 Å². The fourth-order valence-electron chi connectivity index (χ4n) is 3.06. The van der Waals surface area contributed by atoms with Crippen LogP contribution < -0.4 is 10.0 Å². The predicted octanol–water partition coefficient (Wildman–Crippen LogP) is 4.87. The Labute approximate surface area is 196 Å². The van der Waals surface area contributed by atoms with E-state index in [-0.39, 0.29) is 17.4 Å². The summed E-state index contributed by atoms with van der Waals surface area (Å²) in [6, 6.07) is 21.4. The Hall–Kier alpha value is -2.19. The zero-order chi connectivity index (χ0) is 22.4. The summed E-state index contributed by atoms with van der Waals surface area (Å²) >= 11 is 9.23. The molecule has 2 N–H and O–H groups in total. The summed E-state index contributed by atoms with van der Waals surface area (Å²) in [5.74, 6) is -0.410. The fraction of sp³-hybridized carbons (Fsp3) is 0.174. The molecule has 0 aliphatic heterocycles. The molecule has 0 aliphatic carbocycles. The van der Waals surface area contributed by atoms with E-state index in [1.165, 1.54) is 12.1 Å². The molecule has 2 atom stereocenters. The number of rotatable bonds is 8. The Kier molecular flexibility index (Phi) is 7.89. The molecule has 1 amide bonds. The molecule has 0 radical (unpaired) electrons. The third-order valence-corrected chi connectivity index (χ3v) is 7.02. The second-order valence-electron chi connectivity index (χ2n) is 7.10. The molecule has 31 heavy (non-hydrogen) atoms.